The first-order valence-electron chi connectivity index (χ1n) is 9.63. The number of rotatable bonds is 1. The van der Waals surface area contributed by atoms with Crippen LogP contribution < -0.4 is 0 Å². The van der Waals surface area contributed by atoms with Gasteiger partial charge in [0.2, 0.25) is 0 Å². The van der Waals surface area contributed by atoms with Crippen molar-refractivity contribution in [3.05, 3.63) is 36.0 Å². The summed E-state index contributed by atoms with van der Waals surface area (Å²) in [4.78, 5) is 23.6. The maximum atomic E-state index is 12.5. The molecule has 2 fully saturated rings. The van der Waals surface area contributed by atoms with Gasteiger partial charge in [-0.1, -0.05) is 39.0 Å². The number of alkyl halides is 2. The Balaban J connectivity index is 1.90. The topological polar surface area (TPSA) is 54.4 Å². The average Bonchev–Trinajstić information content (AvgIpc) is 2.79. The third kappa shape index (κ3) is 2.04. The fraction of sp³-hybridized carbons (Fsp3) is 0.636. The Kier molecular flexibility index (Phi) is 4.02. The van der Waals surface area contributed by atoms with Crippen molar-refractivity contribution in [1.82, 2.24) is 0 Å². The van der Waals surface area contributed by atoms with E-state index in [0.717, 1.165) is 12.0 Å². The van der Waals surface area contributed by atoms with Crippen molar-refractivity contribution >= 4 is 34.8 Å². The van der Waals surface area contributed by atoms with Gasteiger partial charge in [-0.3, -0.25) is 9.59 Å². The number of carbonyl (C=O) groups is 2. The summed E-state index contributed by atoms with van der Waals surface area (Å²) in [7, 11) is 0. The summed E-state index contributed by atoms with van der Waals surface area (Å²) in [5.74, 6) is -0.459. The van der Waals surface area contributed by atoms with Crippen molar-refractivity contribution in [2.45, 2.75) is 56.4 Å². The maximum absolute atomic E-state index is 12.5. The molecule has 27 heavy (non-hydrogen) atoms. The highest BCUT2D eigenvalue weighted by Crippen LogP contribution is 2.71. The normalized spacial score (nSPS) is 53.4. The summed E-state index contributed by atoms with van der Waals surface area (Å²) >= 11 is 14.4. The lowest BCUT2D eigenvalue weighted by molar-refractivity contribution is -0.160. The molecule has 0 bridgehead atoms. The van der Waals surface area contributed by atoms with Crippen molar-refractivity contribution in [3.63, 3.8) is 0 Å². The largest absolute Gasteiger partial charge is 0.381 e. The van der Waals surface area contributed by atoms with Crippen LogP contribution in [0.2, 0.25) is 0 Å². The molecule has 0 spiro atoms. The zero-order valence-electron chi connectivity index (χ0n) is 16.1. The third-order valence-corrected chi connectivity index (χ3v) is 9.80. The molecule has 1 N–H and O–H groups in total. The van der Waals surface area contributed by atoms with Crippen LogP contribution in [-0.2, 0) is 9.59 Å². The molecule has 4 rings (SSSR count). The molecule has 3 nitrogen and oxygen atoms in total. The fourth-order valence-electron chi connectivity index (χ4n) is 6.70. The standard InChI is InChI=1S/C22H26Cl2O3/c1-12-9-17-16-6-5-14-10-15(26)7-8-19(14,3)21(16,24)18(23)11-20(17,4)22(12,27)13(2)25/h5-8,10,12,16-18,27H,9,11H2,1-4H3/t12-,16-,17-,18-,19-,20-,21-,22-/m0/s1. The number of aliphatic hydroxyl groups is 1. The number of allylic oxidation sites excluding steroid dienone is 6. The van der Waals surface area contributed by atoms with Crippen LogP contribution in [0.25, 0.3) is 0 Å². The highest BCUT2D eigenvalue weighted by molar-refractivity contribution is 6.34. The molecule has 0 amide bonds. The molecule has 5 heteroatoms. The molecule has 0 aliphatic heterocycles. The van der Waals surface area contributed by atoms with Crippen LogP contribution in [0.5, 0.6) is 0 Å². The lowest BCUT2D eigenvalue weighted by Crippen LogP contribution is -2.66. The number of carbonyl (C=O) groups excluding carboxylic acids is 2. The number of halogens is 2. The van der Waals surface area contributed by atoms with Gasteiger partial charge in [-0.25, -0.2) is 0 Å². The molecule has 4 aliphatic rings. The molecule has 0 heterocycles. The highest BCUT2D eigenvalue weighted by Gasteiger charge is 2.73. The molecular formula is C22H26Cl2O3. The van der Waals surface area contributed by atoms with Gasteiger partial charge in [0.25, 0.3) is 0 Å². The lowest BCUT2D eigenvalue weighted by atomic mass is 9.48. The summed E-state index contributed by atoms with van der Waals surface area (Å²) in [6.45, 7) is 7.46. The number of hydrogen-bond acceptors (Lipinski definition) is 3. The maximum Gasteiger partial charge on any atom is 0.178 e. The van der Waals surface area contributed by atoms with Gasteiger partial charge in [-0.15, -0.1) is 23.2 Å². The van der Waals surface area contributed by atoms with Crippen LogP contribution in [0, 0.1) is 28.6 Å². The van der Waals surface area contributed by atoms with Crippen molar-refractivity contribution in [3.8, 4) is 0 Å². The molecule has 0 radical (unpaired) electrons. The van der Waals surface area contributed by atoms with E-state index in [0.29, 0.717) is 6.42 Å². The van der Waals surface area contributed by atoms with E-state index in [2.05, 4.69) is 6.08 Å². The van der Waals surface area contributed by atoms with Gasteiger partial charge in [0.15, 0.2) is 11.6 Å². The second-order valence-electron chi connectivity index (χ2n) is 9.35. The van der Waals surface area contributed by atoms with Crippen LogP contribution in [-0.4, -0.2) is 32.5 Å². The van der Waals surface area contributed by atoms with Crippen molar-refractivity contribution in [1.29, 1.82) is 0 Å². The van der Waals surface area contributed by atoms with Crippen molar-refractivity contribution in [2.75, 3.05) is 0 Å². The average molecular weight is 409 g/mol. The molecule has 0 aromatic rings. The minimum Gasteiger partial charge on any atom is -0.381 e. The first-order valence-corrected chi connectivity index (χ1v) is 10.4. The predicted molar refractivity (Wildman–Crippen MR) is 107 cm³/mol. The summed E-state index contributed by atoms with van der Waals surface area (Å²) in [6, 6.07) is 0. The van der Waals surface area contributed by atoms with Gasteiger partial charge in [0.05, 0.1) is 10.3 Å². The quantitative estimate of drug-likeness (QED) is 0.660. The van der Waals surface area contributed by atoms with E-state index >= 15 is 0 Å². The van der Waals surface area contributed by atoms with E-state index in [1.807, 2.05) is 32.9 Å². The van der Waals surface area contributed by atoms with Crippen LogP contribution in [0.15, 0.2) is 36.0 Å². The van der Waals surface area contributed by atoms with E-state index in [-0.39, 0.29) is 29.3 Å². The van der Waals surface area contributed by atoms with Crippen LogP contribution in [0.1, 0.15) is 40.5 Å². The van der Waals surface area contributed by atoms with Crippen LogP contribution in [0.3, 0.4) is 0 Å². The van der Waals surface area contributed by atoms with E-state index in [1.54, 1.807) is 12.2 Å². The predicted octanol–water partition coefficient (Wildman–Crippen LogP) is 4.22. The zero-order valence-corrected chi connectivity index (χ0v) is 17.6. The minimum absolute atomic E-state index is 0.0366. The van der Waals surface area contributed by atoms with E-state index < -0.39 is 26.7 Å². The molecule has 146 valence electrons. The Hall–Kier alpha value is -0.900. The van der Waals surface area contributed by atoms with Gasteiger partial charge in [-0.05, 0) is 49.3 Å². The van der Waals surface area contributed by atoms with E-state index in [4.69, 9.17) is 23.2 Å². The molecule has 0 aromatic heterocycles. The van der Waals surface area contributed by atoms with Gasteiger partial charge < -0.3 is 5.11 Å². The van der Waals surface area contributed by atoms with E-state index in [1.165, 1.54) is 6.92 Å². The monoisotopic (exact) mass is 408 g/mol. The number of ketones is 2. The molecule has 0 aromatic carbocycles. The molecule has 0 unspecified atom stereocenters. The molecule has 2 saturated carbocycles. The van der Waals surface area contributed by atoms with Gasteiger partial charge in [0, 0.05) is 16.7 Å². The van der Waals surface area contributed by atoms with Gasteiger partial charge >= 0.3 is 0 Å². The Morgan fingerprint density at radius 1 is 1.30 bits per heavy atom. The number of hydrogen-bond donors (Lipinski definition) is 1. The van der Waals surface area contributed by atoms with Crippen molar-refractivity contribution in [2.24, 2.45) is 28.6 Å². The second-order valence-corrected chi connectivity index (χ2v) is 10.5. The second kappa shape index (κ2) is 5.58. The van der Waals surface area contributed by atoms with Crippen LogP contribution >= 0.6 is 23.2 Å². The molecule has 4 aliphatic carbocycles. The summed E-state index contributed by atoms with van der Waals surface area (Å²) in [5, 5.41) is 11.0. The third-order valence-electron chi connectivity index (χ3n) is 8.28. The van der Waals surface area contributed by atoms with E-state index in [9.17, 15) is 14.7 Å². The van der Waals surface area contributed by atoms with Crippen molar-refractivity contribution < 1.29 is 14.7 Å². The van der Waals surface area contributed by atoms with Gasteiger partial charge in [0.1, 0.15) is 5.60 Å². The Morgan fingerprint density at radius 3 is 2.59 bits per heavy atom. The Bertz CT molecular complexity index is 829. The number of fused-ring (bicyclic) bond motifs is 5. The molecule has 0 saturated heterocycles. The zero-order chi connectivity index (χ0) is 20.0. The molecular weight excluding hydrogens is 383 g/mol. The first kappa shape index (κ1) is 19.4. The first-order chi connectivity index (χ1) is 12.4. The summed E-state index contributed by atoms with van der Waals surface area (Å²) < 4.78 is 0. The SMILES string of the molecule is CC(=O)[C@@]1(O)[C@@H](C)C[C@H]2[C@@H]3C=CC4=CC(=O)C=C[C@]4(C)[C@@]3(Cl)[C@@H](Cl)C[C@@]21C. The van der Waals surface area contributed by atoms with Crippen LogP contribution in [0.4, 0.5) is 0 Å². The van der Waals surface area contributed by atoms with Gasteiger partial charge in [-0.2, -0.15) is 0 Å². The summed E-state index contributed by atoms with van der Waals surface area (Å²) in [5.41, 5.74) is -1.73. The summed E-state index contributed by atoms with van der Waals surface area (Å²) in [6.07, 6.45) is 10.3. The highest BCUT2D eigenvalue weighted by atomic mass is 35.5. The number of Topliss-reactive ketones (excluding diaryl/α,β-unsaturated/α-hetero) is 1. The fourth-order valence-corrected chi connectivity index (χ4v) is 7.86. The Labute approximate surface area is 170 Å². The smallest absolute Gasteiger partial charge is 0.178 e. The molecule has 8 atom stereocenters. The lowest BCUT2D eigenvalue weighted by Gasteiger charge is -2.62. The minimum atomic E-state index is -1.40. The Morgan fingerprint density at radius 2 is 1.96 bits per heavy atom.